The Bertz CT molecular complexity index is 1070. The Morgan fingerprint density at radius 2 is 0.522 bits per heavy atom. The van der Waals surface area contributed by atoms with Crippen LogP contribution < -0.4 is 69.2 Å². The Labute approximate surface area is 352 Å². The van der Waals surface area contributed by atoms with Crippen LogP contribution in [0.25, 0.3) is 0 Å². The standard InChI is InChI=1S/2C19H26P2.2Au.2HI/c2*1-16(2)20(17(3)4)15-21(18-11-7-5-8-12-18)19-13-9-6-10-14-19;;;;/h2*5-14,16-17H,15H2,1-4H3;;;2*1H/q;;2*+1;;/p+2. The van der Waals surface area contributed by atoms with Gasteiger partial charge in [-0.3, -0.25) is 0 Å². The third-order valence-corrected chi connectivity index (χ3v) is 24.4. The molecule has 0 aliphatic heterocycles. The van der Waals surface area contributed by atoms with Crippen molar-refractivity contribution in [1.29, 1.82) is 0 Å². The molecule has 0 heterocycles. The van der Waals surface area contributed by atoms with Crippen molar-refractivity contribution in [3.63, 3.8) is 0 Å². The van der Waals surface area contributed by atoms with Crippen LogP contribution >= 0.6 is 31.7 Å². The second kappa shape index (κ2) is 27.2. The van der Waals surface area contributed by atoms with Crippen LogP contribution in [0.4, 0.5) is 0 Å². The molecule has 8 heteroatoms. The number of hydrogen-bond acceptors (Lipinski definition) is 0. The Hall–Kier alpha value is 1.54. The summed E-state index contributed by atoms with van der Waals surface area (Å²) in [6, 6.07) is 44.8. The Kier molecular flexibility index (Phi) is 29.4. The molecule has 0 N–H and O–H groups in total. The maximum absolute atomic E-state index is 2.42. The van der Waals surface area contributed by atoms with Crippen LogP contribution in [0.5, 0.6) is 0 Å². The minimum Gasteiger partial charge on any atom is -1.00 e. The first kappa shape index (κ1) is 49.7. The first-order chi connectivity index (χ1) is 20.2. The van der Waals surface area contributed by atoms with Gasteiger partial charge in [-0.15, -0.1) is 0 Å². The van der Waals surface area contributed by atoms with Crippen molar-refractivity contribution in [2.24, 2.45) is 0 Å². The summed E-state index contributed by atoms with van der Waals surface area (Å²) in [7, 11) is -1.94. The number of halogens is 2. The van der Waals surface area contributed by atoms with Crippen molar-refractivity contribution in [3.8, 4) is 0 Å². The molecule has 0 unspecified atom stereocenters. The monoisotopic (exact) mass is 1280 g/mol. The van der Waals surface area contributed by atoms with E-state index in [9.17, 15) is 0 Å². The van der Waals surface area contributed by atoms with E-state index in [2.05, 4.69) is 177 Å². The van der Waals surface area contributed by atoms with Crippen molar-refractivity contribution >= 4 is 52.9 Å². The van der Waals surface area contributed by atoms with Crippen molar-refractivity contribution < 1.29 is 92.7 Å². The molecule has 4 aromatic rings. The summed E-state index contributed by atoms with van der Waals surface area (Å²) in [5.74, 6) is 2.86. The summed E-state index contributed by atoms with van der Waals surface area (Å²) in [5, 5.41) is 6.27. The van der Waals surface area contributed by atoms with Crippen molar-refractivity contribution in [3.05, 3.63) is 121 Å². The normalized spacial score (nSPS) is 10.8. The Morgan fingerprint density at radius 1 is 0.348 bits per heavy atom. The van der Waals surface area contributed by atoms with Gasteiger partial charge in [-0.05, 0) is 104 Å². The molecule has 4 rings (SSSR count). The zero-order valence-corrected chi connectivity index (χ0v) is 41.3. The maximum Gasteiger partial charge on any atom is 1.00 e. The third-order valence-electron chi connectivity index (χ3n) is 8.22. The molecule has 0 amide bonds. The van der Waals surface area contributed by atoms with Gasteiger partial charge in [0.15, 0.2) is 11.8 Å². The molecule has 0 atom stereocenters. The molecule has 46 heavy (non-hydrogen) atoms. The van der Waals surface area contributed by atoms with Gasteiger partial charge in [0, 0.05) is 15.8 Å². The molecule has 0 bridgehead atoms. The van der Waals surface area contributed by atoms with Crippen LogP contribution in [0, 0.1) is 0 Å². The smallest absolute Gasteiger partial charge is 1.00 e. The van der Waals surface area contributed by atoms with E-state index in [1.807, 2.05) is 0 Å². The number of benzene rings is 4. The summed E-state index contributed by atoms with van der Waals surface area (Å²) < 4.78 is 0. The molecule has 0 nitrogen and oxygen atoms in total. The molecule has 0 aliphatic carbocycles. The second-order valence-corrected chi connectivity index (χ2v) is 26.5. The molecule has 0 aliphatic rings. The number of hydrogen-bond donors (Lipinski definition) is 0. The quantitative estimate of drug-likeness (QED) is 0.116. The summed E-state index contributed by atoms with van der Waals surface area (Å²) in [4.78, 5) is 0. The molecule has 0 spiro atoms. The Morgan fingerprint density at radius 3 is 0.674 bits per heavy atom. The molecule has 260 valence electrons. The zero-order chi connectivity index (χ0) is 30.5. The van der Waals surface area contributed by atoms with Crippen LogP contribution in [0.3, 0.4) is 0 Å². The van der Waals surface area contributed by atoms with Crippen LogP contribution in [0.1, 0.15) is 55.4 Å². The maximum atomic E-state index is 2.42. The molecule has 0 saturated heterocycles. The molecular formula is C38H56Au2I2P4+4. The van der Waals surface area contributed by atoms with Crippen LogP contribution in [0.15, 0.2) is 121 Å². The van der Waals surface area contributed by atoms with Crippen LogP contribution in [0.2, 0.25) is 0 Å². The minimum absolute atomic E-state index is 0. The minimum atomic E-state index is -0.643. The summed E-state index contributed by atoms with van der Waals surface area (Å²) in [6.07, 6.45) is 0. The molecular weight excluding hydrogens is 1230 g/mol. The molecule has 0 fully saturated rings. The van der Waals surface area contributed by atoms with Gasteiger partial charge in [-0.1, -0.05) is 72.8 Å². The van der Waals surface area contributed by atoms with Crippen LogP contribution in [-0.4, -0.2) is 34.4 Å². The molecule has 4 aromatic carbocycles. The van der Waals surface area contributed by atoms with Crippen molar-refractivity contribution in [2.45, 2.75) is 78.0 Å². The topological polar surface area (TPSA) is 0 Å². The molecule has 0 aromatic heterocycles. The van der Waals surface area contributed by atoms with Gasteiger partial charge < -0.3 is 48.0 Å². The predicted octanol–water partition coefficient (Wildman–Crippen LogP) is 3.68. The van der Waals surface area contributed by atoms with E-state index < -0.39 is 15.8 Å². The van der Waals surface area contributed by atoms with Gasteiger partial charge in [0.05, 0.1) is 22.6 Å². The number of rotatable bonds is 12. The summed E-state index contributed by atoms with van der Waals surface area (Å²) >= 11 is 0. The van der Waals surface area contributed by atoms with Gasteiger partial charge >= 0.3 is 44.8 Å². The van der Waals surface area contributed by atoms with Gasteiger partial charge in [0.2, 0.25) is 0 Å². The van der Waals surface area contributed by atoms with E-state index in [1.54, 1.807) is 21.2 Å². The van der Waals surface area contributed by atoms with Gasteiger partial charge in [0.25, 0.3) is 0 Å². The second-order valence-electron chi connectivity index (χ2n) is 12.5. The fraction of sp³-hybridized carbons (Fsp3) is 0.368. The van der Waals surface area contributed by atoms with Crippen molar-refractivity contribution in [2.75, 3.05) is 11.8 Å². The average molecular weight is 1280 g/mol. The van der Waals surface area contributed by atoms with Gasteiger partial charge in [-0.2, -0.15) is 0 Å². The first-order valence-electron chi connectivity index (χ1n) is 15.8. The van der Waals surface area contributed by atoms with Gasteiger partial charge in [0.1, 0.15) is 37.1 Å². The summed E-state index contributed by atoms with van der Waals surface area (Å²) in [6.45, 7) is 19.4. The van der Waals surface area contributed by atoms with E-state index >= 15 is 0 Å². The molecule has 0 saturated carbocycles. The Balaban J connectivity index is 0. The van der Waals surface area contributed by atoms with Crippen molar-refractivity contribution in [1.82, 2.24) is 0 Å². The van der Waals surface area contributed by atoms with E-state index in [4.69, 9.17) is 0 Å². The van der Waals surface area contributed by atoms with E-state index in [0.717, 1.165) is 22.6 Å². The fourth-order valence-corrected chi connectivity index (χ4v) is 24.6. The van der Waals surface area contributed by atoms with Crippen LogP contribution in [-0.2, 0) is 44.8 Å². The first-order valence-corrected chi connectivity index (χ1v) is 23.0. The zero-order valence-electron chi connectivity index (χ0n) is 28.6. The predicted molar refractivity (Wildman–Crippen MR) is 208 cm³/mol. The van der Waals surface area contributed by atoms with Gasteiger partial charge in [-0.25, -0.2) is 0 Å². The fourth-order valence-electron chi connectivity index (χ4n) is 5.86. The van der Waals surface area contributed by atoms with E-state index in [0.29, 0.717) is 0 Å². The largest absolute Gasteiger partial charge is 1.00 e. The van der Waals surface area contributed by atoms with E-state index in [1.165, 1.54) is 11.8 Å². The third kappa shape index (κ3) is 16.7. The SMILES string of the molecule is CC(C)[PH+](C[PH+](c1ccccc1)c1ccccc1)C(C)C.CC(C)[PH+](C[PH+](c1ccccc1)c1ccccc1)C(C)C.[Au+].[Au+].[I-].[I-]. The van der Waals surface area contributed by atoms with E-state index in [-0.39, 0.29) is 109 Å². The molecule has 0 radical (unpaired) electrons. The average Bonchev–Trinajstić information content (AvgIpc) is 2.99. The summed E-state index contributed by atoms with van der Waals surface area (Å²) in [5.41, 5.74) is 3.40.